The summed E-state index contributed by atoms with van der Waals surface area (Å²) in [5, 5.41) is 13.1. The number of halogens is 2. The smallest absolute Gasteiger partial charge is 0.309 e. The maximum atomic E-state index is 10.2. The normalized spacial score (nSPS) is 13.0. The molecular weight excluding hydrogens is 346 g/mol. The highest BCUT2D eigenvalue weighted by Gasteiger charge is 2.35. The molecule has 24 heavy (non-hydrogen) atoms. The van der Waals surface area contributed by atoms with Gasteiger partial charge in [0.2, 0.25) is 0 Å². The first-order valence-corrected chi connectivity index (χ1v) is 8.50. The maximum Gasteiger partial charge on any atom is 0.309 e. The van der Waals surface area contributed by atoms with Crippen LogP contribution in [0.2, 0.25) is 10.0 Å². The molecule has 0 atom stereocenters. The summed E-state index contributed by atoms with van der Waals surface area (Å²) in [5.41, 5.74) is 0.705. The van der Waals surface area contributed by atoms with Gasteiger partial charge in [0.15, 0.2) is 5.58 Å². The minimum Gasteiger partial charge on any atom is -0.455 e. The van der Waals surface area contributed by atoms with Gasteiger partial charge in [-0.05, 0) is 51.4 Å². The first-order chi connectivity index (χ1) is 11.1. The van der Waals surface area contributed by atoms with Crippen molar-refractivity contribution in [2.75, 3.05) is 0 Å². The summed E-state index contributed by atoms with van der Waals surface area (Å²) < 4.78 is 11.8. The molecule has 0 spiro atoms. The minimum absolute atomic E-state index is 0.373. The van der Waals surface area contributed by atoms with Crippen LogP contribution < -0.4 is 5.46 Å². The average Bonchev–Trinajstić information content (AvgIpc) is 2.82. The van der Waals surface area contributed by atoms with E-state index in [1.54, 1.807) is 19.9 Å². The van der Waals surface area contributed by atoms with Crippen molar-refractivity contribution in [2.24, 2.45) is 0 Å². The Bertz CT molecular complexity index is 910. The number of hydrogen-bond donors (Lipinski definition) is 1. The molecule has 3 nitrogen and oxygen atoms in total. The lowest BCUT2D eigenvalue weighted by Gasteiger charge is -2.37. The molecule has 0 saturated carbocycles. The van der Waals surface area contributed by atoms with E-state index in [2.05, 4.69) is 0 Å². The molecule has 126 valence electrons. The number of furan rings is 1. The van der Waals surface area contributed by atoms with Crippen LogP contribution in [0.4, 0.5) is 0 Å². The summed E-state index contributed by atoms with van der Waals surface area (Å²) in [6.07, 6.45) is 0. The third-order valence-electron chi connectivity index (χ3n) is 4.63. The van der Waals surface area contributed by atoms with E-state index in [1.807, 2.05) is 38.1 Å². The Morgan fingerprint density at radius 3 is 2.42 bits per heavy atom. The minimum atomic E-state index is -0.944. The van der Waals surface area contributed by atoms with Crippen LogP contribution >= 0.6 is 23.2 Å². The van der Waals surface area contributed by atoms with Crippen LogP contribution in [0.15, 0.2) is 34.7 Å². The zero-order chi connectivity index (χ0) is 17.7. The molecule has 1 N–H and O–H groups in total. The molecule has 0 aliphatic carbocycles. The predicted octanol–water partition coefficient (Wildman–Crippen LogP) is 4.44. The Balaban J connectivity index is 1.95. The summed E-state index contributed by atoms with van der Waals surface area (Å²) in [7, 11) is 0.373. The molecule has 2 aromatic carbocycles. The van der Waals surface area contributed by atoms with Crippen molar-refractivity contribution in [1.29, 1.82) is 0 Å². The topological polar surface area (TPSA) is 42.6 Å². The van der Waals surface area contributed by atoms with E-state index in [9.17, 15) is 5.11 Å². The Morgan fingerprint density at radius 2 is 1.75 bits per heavy atom. The molecule has 0 fully saturated rings. The molecule has 0 saturated heterocycles. The van der Waals surface area contributed by atoms with E-state index >= 15 is 0 Å². The van der Waals surface area contributed by atoms with Gasteiger partial charge in [0.05, 0.1) is 16.2 Å². The van der Waals surface area contributed by atoms with Crippen LogP contribution in [0.1, 0.15) is 27.7 Å². The van der Waals surface area contributed by atoms with Crippen molar-refractivity contribution in [2.45, 2.75) is 38.9 Å². The van der Waals surface area contributed by atoms with Crippen LogP contribution in [-0.4, -0.2) is 23.8 Å². The van der Waals surface area contributed by atoms with Gasteiger partial charge in [-0.15, -0.1) is 0 Å². The Hall–Kier alpha value is -1.20. The molecule has 3 aromatic rings. The zero-order valence-electron chi connectivity index (χ0n) is 14.1. The van der Waals surface area contributed by atoms with Gasteiger partial charge in [-0.1, -0.05) is 35.3 Å². The fraction of sp³-hybridized carbons (Fsp3) is 0.333. The molecule has 6 heteroatoms. The van der Waals surface area contributed by atoms with Gasteiger partial charge in [-0.3, -0.25) is 0 Å². The van der Waals surface area contributed by atoms with Crippen LogP contribution in [-0.2, 0) is 4.65 Å². The lowest BCUT2D eigenvalue weighted by molar-refractivity contribution is -0.0893. The molecule has 0 radical (unpaired) electrons. The highest BCUT2D eigenvalue weighted by molar-refractivity contribution is 6.47. The number of benzene rings is 2. The largest absolute Gasteiger partial charge is 0.455 e. The van der Waals surface area contributed by atoms with E-state index in [0.717, 1.165) is 21.8 Å². The molecule has 0 amide bonds. The number of aliphatic hydroxyl groups is 1. The molecule has 0 aliphatic rings. The molecule has 3 rings (SSSR count). The summed E-state index contributed by atoms with van der Waals surface area (Å²) in [5.74, 6) is 0. The summed E-state index contributed by atoms with van der Waals surface area (Å²) in [6.45, 7) is 7.21. The molecular formula is C18H19BCl2O3. The van der Waals surface area contributed by atoms with Crippen LogP contribution in [0.25, 0.3) is 21.9 Å². The van der Waals surface area contributed by atoms with Gasteiger partial charge >= 0.3 is 7.48 Å². The first-order valence-electron chi connectivity index (χ1n) is 7.75. The molecule has 1 heterocycles. The van der Waals surface area contributed by atoms with E-state index in [0.29, 0.717) is 23.1 Å². The van der Waals surface area contributed by atoms with E-state index in [1.165, 1.54) is 0 Å². The molecule has 0 unspecified atom stereocenters. The lowest BCUT2D eigenvalue weighted by Crippen LogP contribution is -2.49. The van der Waals surface area contributed by atoms with Crippen molar-refractivity contribution in [3.8, 4) is 0 Å². The molecule has 1 aromatic heterocycles. The van der Waals surface area contributed by atoms with Gasteiger partial charge in [-0.2, -0.15) is 0 Å². The highest BCUT2D eigenvalue weighted by Crippen LogP contribution is 2.35. The average molecular weight is 365 g/mol. The first kappa shape index (κ1) is 17.6. The second-order valence-electron chi connectivity index (χ2n) is 7.05. The fourth-order valence-electron chi connectivity index (χ4n) is 2.38. The van der Waals surface area contributed by atoms with E-state index in [4.69, 9.17) is 32.3 Å². The summed E-state index contributed by atoms with van der Waals surface area (Å²) in [6, 6.07) is 9.40. The van der Waals surface area contributed by atoms with Gasteiger partial charge in [0.1, 0.15) is 5.58 Å². The van der Waals surface area contributed by atoms with Crippen molar-refractivity contribution in [3.05, 3.63) is 40.4 Å². The van der Waals surface area contributed by atoms with E-state index < -0.39 is 11.2 Å². The van der Waals surface area contributed by atoms with Crippen LogP contribution in [0.3, 0.4) is 0 Å². The van der Waals surface area contributed by atoms with Gasteiger partial charge in [0.25, 0.3) is 0 Å². The quantitative estimate of drug-likeness (QED) is 0.696. The Labute approximate surface area is 151 Å². The monoisotopic (exact) mass is 364 g/mol. The van der Waals surface area contributed by atoms with Gasteiger partial charge in [-0.25, -0.2) is 0 Å². The number of fused-ring (bicyclic) bond motifs is 3. The van der Waals surface area contributed by atoms with Crippen molar-refractivity contribution < 1.29 is 14.2 Å². The van der Waals surface area contributed by atoms with Crippen LogP contribution in [0.5, 0.6) is 0 Å². The Morgan fingerprint density at radius 1 is 1.04 bits per heavy atom. The zero-order valence-corrected chi connectivity index (χ0v) is 15.6. The highest BCUT2D eigenvalue weighted by atomic mass is 35.5. The predicted molar refractivity (Wildman–Crippen MR) is 102 cm³/mol. The van der Waals surface area contributed by atoms with Gasteiger partial charge < -0.3 is 14.2 Å². The third kappa shape index (κ3) is 3.16. The second-order valence-corrected chi connectivity index (χ2v) is 7.90. The van der Waals surface area contributed by atoms with Crippen molar-refractivity contribution >= 4 is 58.1 Å². The number of rotatable bonds is 4. The third-order valence-corrected chi connectivity index (χ3v) is 5.13. The second kappa shape index (κ2) is 5.96. The molecule has 0 bridgehead atoms. The van der Waals surface area contributed by atoms with Gasteiger partial charge in [0, 0.05) is 15.8 Å². The van der Waals surface area contributed by atoms with Crippen molar-refractivity contribution in [1.82, 2.24) is 0 Å². The van der Waals surface area contributed by atoms with Crippen LogP contribution in [0, 0.1) is 0 Å². The van der Waals surface area contributed by atoms with E-state index in [-0.39, 0.29) is 0 Å². The Kier molecular flexibility index (Phi) is 4.37. The molecule has 0 aliphatic heterocycles. The lowest BCUT2D eigenvalue weighted by atomic mass is 9.82. The summed E-state index contributed by atoms with van der Waals surface area (Å²) >= 11 is 12.3. The van der Waals surface area contributed by atoms with Crippen molar-refractivity contribution in [3.63, 3.8) is 0 Å². The SMILES string of the molecule is CC(C)(O)C(C)(C)OBc1ccc2c(c1)oc1c(Cl)cc(Cl)cc12. The number of hydrogen-bond acceptors (Lipinski definition) is 3. The summed E-state index contributed by atoms with van der Waals surface area (Å²) in [4.78, 5) is 0. The fourth-order valence-corrected chi connectivity index (χ4v) is 2.91. The standard InChI is InChI=1S/C18H19BCl2O3/c1-17(2,22)18(3,4)24-19-10-5-6-12-13-8-11(20)9-14(21)16(13)23-15(12)7-10/h5-9,19,22H,1-4H3. The maximum absolute atomic E-state index is 10.2.